The van der Waals surface area contributed by atoms with E-state index in [0.29, 0.717) is 0 Å². The lowest BCUT2D eigenvalue weighted by molar-refractivity contribution is 0.0498. The van der Waals surface area contributed by atoms with Crippen LogP contribution in [0.3, 0.4) is 0 Å². The number of carbonyl (C=O) groups excluding carboxylic acids is 1. The zero-order valence-electron chi connectivity index (χ0n) is 11.6. The fourth-order valence-corrected chi connectivity index (χ4v) is 1.40. The van der Waals surface area contributed by atoms with Crippen LogP contribution in [-0.2, 0) is 4.74 Å². The summed E-state index contributed by atoms with van der Waals surface area (Å²) in [5.74, 6) is 0. The number of aliphatic hydroxyl groups is 1. The Hall–Kier alpha value is -1.81. The normalized spacial score (nSPS) is 13.3. The monoisotopic (exact) mass is 263 g/mol. The standard InChI is InChI=1S/C15H21NO3/c1-15(2,3)19-14(18)16-13(11-17)10-9-12-7-5-4-6-8-12/h4-10,13,17H,11H2,1-3H3,(H,16,18)/b10-9+. The van der Waals surface area contributed by atoms with E-state index in [9.17, 15) is 9.90 Å². The van der Waals surface area contributed by atoms with Crippen molar-refractivity contribution in [3.8, 4) is 0 Å². The maximum Gasteiger partial charge on any atom is 0.408 e. The molecule has 0 radical (unpaired) electrons. The molecule has 104 valence electrons. The van der Waals surface area contributed by atoms with Crippen LogP contribution in [0.4, 0.5) is 4.79 Å². The highest BCUT2D eigenvalue weighted by Crippen LogP contribution is 2.07. The highest BCUT2D eigenvalue weighted by molar-refractivity contribution is 5.68. The van der Waals surface area contributed by atoms with E-state index in [2.05, 4.69) is 5.32 Å². The van der Waals surface area contributed by atoms with Crippen LogP contribution >= 0.6 is 0 Å². The third-order valence-corrected chi connectivity index (χ3v) is 2.22. The minimum Gasteiger partial charge on any atom is -0.444 e. The zero-order valence-corrected chi connectivity index (χ0v) is 11.6. The largest absolute Gasteiger partial charge is 0.444 e. The van der Waals surface area contributed by atoms with Crippen LogP contribution in [0.15, 0.2) is 36.4 Å². The minimum atomic E-state index is -0.548. The molecule has 2 N–H and O–H groups in total. The van der Waals surface area contributed by atoms with E-state index in [1.165, 1.54) is 0 Å². The van der Waals surface area contributed by atoms with Gasteiger partial charge in [0, 0.05) is 0 Å². The van der Waals surface area contributed by atoms with Gasteiger partial charge in [-0.25, -0.2) is 4.79 Å². The number of alkyl carbamates (subject to hydrolysis) is 1. The molecule has 1 unspecified atom stereocenters. The van der Waals surface area contributed by atoms with Gasteiger partial charge >= 0.3 is 6.09 Å². The minimum absolute atomic E-state index is 0.178. The molecule has 0 saturated heterocycles. The summed E-state index contributed by atoms with van der Waals surface area (Å²) >= 11 is 0. The maximum atomic E-state index is 11.6. The van der Waals surface area contributed by atoms with E-state index in [1.54, 1.807) is 26.8 Å². The van der Waals surface area contributed by atoms with Gasteiger partial charge < -0.3 is 15.2 Å². The lowest BCUT2D eigenvalue weighted by Crippen LogP contribution is -2.39. The van der Waals surface area contributed by atoms with Crippen molar-refractivity contribution < 1.29 is 14.6 Å². The first kappa shape index (κ1) is 15.2. The second-order valence-electron chi connectivity index (χ2n) is 5.21. The topological polar surface area (TPSA) is 58.6 Å². The van der Waals surface area contributed by atoms with Gasteiger partial charge in [0.15, 0.2) is 0 Å². The zero-order chi connectivity index (χ0) is 14.3. The molecule has 0 aliphatic heterocycles. The van der Waals surface area contributed by atoms with Crippen molar-refractivity contribution in [2.45, 2.75) is 32.4 Å². The average molecular weight is 263 g/mol. The van der Waals surface area contributed by atoms with Crippen LogP contribution in [0.2, 0.25) is 0 Å². The second kappa shape index (κ2) is 6.95. The molecule has 1 aromatic rings. The van der Waals surface area contributed by atoms with Crippen LogP contribution in [0.25, 0.3) is 6.08 Å². The number of nitrogens with one attached hydrogen (secondary N) is 1. The number of hydrogen-bond donors (Lipinski definition) is 2. The molecule has 0 aliphatic carbocycles. The maximum absolute atomic E-state index is 11.6. The first-order valence-electron chi connectivity index (χ1n) is 6.24. The van der Waals surface area contributed by atoms with Crippen LogP contribution in [0.5, 0.6) is 0 Å². The Morgan fingerprint density at radius 2 is 2.00 bits per heavy atom. The summed E-state index contributed by atoms with van der Waals surface area (Å²) in [5, 5.41) is 11.8. The third kappa shape index (κ3) is 6.62. The Kier molecular flexibility index (Phi) is 5.57. The number of carbonyl (C=O) groups is 1. The molecule has 1 rings (SSSR count). The Morgan fingerprint density at radius 3 is 2.53 bits per heavy atom. The summed E-state index contributed by atoms with van der Waals surface area (Å²) in [6, 6.07) is 9.20. The highest BCUT2D eigenvalue weighted by atomic mass is 16.6. The molecule has 0 aliphatic rings. The third-order valence-electron chi connectivity index (χ3n) is 2.22. The molecular weight excluding hydrogens is 242 g/mol. The van der Waals surface area contributed by atoms with Crippen LogP contribution < -0.4 is 5.32 Å². The molecule has 0 saturated carbocycles. The molecule has 4 nitrogen and oxygen atoms in total. The summed E-state index contributed by atoms with van der Waals surface area (Å²) in [5.41, 5.74) is 0.458. The van der Waals surface area contributed by atoms with Crippen molar-refractivity contribution in [1.82, 2.24) is 5.32 Å². The Balaban J connectivity index is 2.55. The van der Waals surface area contributed by atoms with Gasteiger partial charge in [0.05, 0.1) is 12.6 Å². The molecule has 1 atom stereocenters. The summed E-state index contributed by atoms with van der Waals surface area (Å²) in [7, 11) is 0. The summed E-state index contributed by atoms with van der Waals surface area (Å²) in [6.07, 6.45) is 3.04. The molecule has 1 amide bonds. The van der Waals surface area contributed by atoms with Gasteiger partial charge in [-0.1, -0.05) is 42.5 Å². The quantitative estimate of drug-likeness (QED) is 0.877. The van der Waals surface area contributed by atoms with E-state index in [0.717, 1.165) is 5.56 Å². The second-order valence-corrected chi connectivity index (χ2v) is 5.21. The number of benzene rings is 1. The van der Waals surface area contributed by atoms with E-state index >= 15 is 0 Å². The smallest absolute Gasteiger partial charge is 0.408 e. The molecule has 19 heavy (non-hydrogen) atoms. The lowest BCUT2D eigenvalue weighted by atomic mass is 10.2. The highest BCUT2D eigenvalue weighted by Gasteiger charge is 2.17. The average Bonchev–Trinajstić information content (AvgIpc) is 2.33. The van der Waals surface area contributed by atoms with Gasteiger partial charge in [0.1, 0.15) is 5.60 Å². The predicted molar refractivity (Wildman–Crippen MR) is 75.7 cm³/mol. The molecule has 0 bridgehead atoms. The Labute approximate surface area is 114 Å². The number of amides is 1. The van der Waals surface area contributed by atoms with Crippen LogP contribution in [0.1, 0.15) is 26.3 Å². The van der Waals surface area contributed by atoms with E-state index < -0.39 is 17.7 Å². The van der Waals surface area contributed by atoms with Gasteiger partial charge in [-0.3, -0.25) is 0 Å². The van der Waals surface area contributed by atoms with Gasteiger partial charge in [-0.05, 0) is 26.3 Å². The van der Waals surface area contributed by atoms with Crippen molar-refractivity contribution >= 4 is 12.2 Å². The first-order chi connectivity index (χ1) is 8.90. The lowest BCUT2D eigenvalue weighted by Gasteiger charge is -2.21. The van der Waals surface area contributed by atoms with Crippen molar-refractivity contribution in [1.29, 1.82) is 0 Å². The van der Waals surface area contributed by atoms with Gasteiger partial charge in [-0.15, -0.1) is 0 Å². The molecule has 1 aromatic carbocycles. The summed E-state index contributed by atoms with van der Waals surface area (Å²) in [6.45, 7) is 5.20. The SMILES string of the molecule is CC(C)(C)OC(=O)NC(/C=C/c1ccccc1)CO. The van der Waals surface area contributed by atoms with E-state index in [1.807, 2.05) is 36.4 Å². The number of rotatable bonds is 4. The van der Waals surface area contributed by atoms with Crippen molar-refractivity contribution in [2.24, 2.45) is 0 Å². The van der Waals surface area contributed by atoms with Gasteiger partial charge in [0.2, 0.25) is 0 Å². The van der Waals surface area contributed by atoms with Crippen molar-refractivity contribution in [2.75, 3.05) is 6.61 Å². The summed E-state index contributed by atoms with van der Waals surface area (Å²) in [4.78, 5) is 11.6. The fraction of sp³-hybridized carbons (Fsp3) is 0.400. The van der Waals surface area contributed by atoms with Gasteiger partial charge in [0.25, 0.3) is 0 Å². The van der Waals surface area contributed by atoms with Crippen molar-refractivity contribution in [3.63, 3.8) is 0 Å². The molecule has 0 fully saturated rings. The van der Waals surface area contributed by atoms with Gasteiger partial charge in [-0.2, -0.15) is 0 Å². The van der Waals surface area contributed by atoms with Crippen LogP contribution in [0, 0.1) is 0 Å². The number of hydrogen-bond acceptors (Lipinski definition) is 3. The van der Waals surface area contributed by atoms with Crippen LogP contribution in [-0.4, -0.2) is 29.4 Å². The Bertz CT molecular complexity index is 421. The van der Waals surface area contributed by atoms with Crippen molar-refractivity contribution in [3.05, 3.63) is 42.0 Å². The van der Waals surface area contributed by atoms with E-state index in [4.69, 9.17) is 4.74 Å². The first-order valence-corrected chi connectivity index (χ1v) is 6.24. The summed E-state index contributed by atoms with van der Waals surface area (Å²) < 4.78 is 5.13. The molecule has 0 spiro atoms. The molecule has 0 heterocycles. The fourth-order valence-electron chi connectivity index (χ4n) is 1.40. The molecule has 4 heteroatoms. The predicted octanol–water partition coefficient (Wildman–Crippen LogP) is 2.59. The number of aliphatic hydroxyl groups excluding tert-OH is 1. The molecule has 0 aromatic heterocycles. The Morgan fingerprint density at radius 1 is 1.37 bits per heavy atom. The van der Waals surface area contributed by atoms with E-state index in [-0.39, 0.29) is 6.61 Å². The molecular formula is C15H21NO3. The number of ether oxygens (including phenoxy) is 1.